The van der Waals surface area contributed by atoms with Gasteiger partial charge >= 0.3 is 6.03 Å². The van der Waals surface area contributed by atoms with Crippen molar-refractivity contribution in [2.75, 3.05) is 10.6 Å². The Hall–Kier alpha value is -2.53. The number of urea groups is 1. The van der Waals surface area contributed by atoms with Crippen molar-refractivity contribution in [3.8, 4) is 0 Å². The number of amides is 3. The van der Waals surface area contributed by atoms with E-state index < -0.39 is 6.03 Å². The molecule has 5 nitrogen and oxygen atoms in total. The smallest absolute Gasteiger partial charge is 0.323 e. The molecule has 2 rings (SSSR count). The van der Waals surface area contributed by atoms with Gasteiger partial charge in [-0.05, 0) is 63.2 Å². The fourth-order valence-corrected chi connectivity index (χ4v) is 2.10. The molecule has 3 N–H and O–H groups in total. The normalized spacial score (nSPS) is 10.8. The van der Waals surface area contributed by atoms with E-state index >= 15 is 0 Å². The Bertz CT molecular complexity index is 737. The molecule has 126 valence electrons. The summed E-state index contributed by atoms with van der Waals surface area (Å²) in [7, 11) is 0. The zero-order valence-electron chi connectivity index (χ0n) is 13.8. The lowest BCUT2D eigenvalue weighted by atomic mass is 10.1. The summed E-state index contributed by atoms with van der Waals surface area (Å²) in [6, 6.07) is 13.1. The zero-order chi connectivity index (χ0) is 17.7. The van der Waals surface area contributed by atoms with Crippen molar-refractivity contribution in [3.63, 3.8) is 0 Å². The van der Waals surface area contributed by atoms with Gasteiger partial charge in [-0.15, -0.1) is 0 Å². The minimum Gasteiger partial charge on any atom is -0.347 e. The monoisotopic (exact) mass is 345 g/mol. The first-order valence-electron chi connectivity index (χ1n) is 7.49. The summed E-state index contributed by atoms with van der Waals surface area (Å²) >= 11 is 5.80. The molecule has 0 atom stereocenters. The zero-order valence-corrected chi connectivity index (χ0v) is 14.6. The maximum Gasteiger partial charge on any atom is 0.323 e. The van der Waals surface area contributed by atoms with Crippen LogP contribution in [0.1, 0.15) is 31.1 Å². The minimum absolute atomic E-state index is 0.191. The van der Waals surface area contributed by atoms with Gasteiger partial charge in [0.25, 0.3) is 5.91 Å². The fourth-order valence-electron chi connectivity index (χ4n) is 1.98. The predicted octanol–water partition coefficient (Wildman–Crippen LogP) is 4.51. The van der Waals surface area contributed by atoms with E-state index in [1.807, 2.05) is 20.8 Å². The Balaban J connectivity index is 2.02. The standard InChI is InChI=1S/C18H20ClN3O2/c1-18(2,3)22-16(23)12-5-4-6-15(11-12)21-17(24)20-14-9-7-13(19)8-10-14/h4-11H,1-3H3,(H,22,23)(H2,20,21,24). The van der Waals surface area contributed by atoms with E-state index in [2.05, 4.69) is 16.0 Å². The number of benzene rings is 2. The topological polar surface area (TPSA) is 70.2 Å². The van der Waals surface area contributed by atoms with Crippen LogP contribution >= 0.6 is 11.6 Å². The highest BCUT2D eigenvalue weighted by Crippen LogP contribution is 2.15. The molecular weight excluding hydrogens is 326 g/mol. The third-order valence-electron chi connectivity index (χ3n) is 2.97. The number of carbonyl (C=O) groups is 2. The van der Waals surface area contributed by atoms with Crippen LogP contribution in [0.25, 0.3) is 0 Å². The lowest BCUT2D eigenvalue weighted by Gasteiger charge is -2.20. The van der Waals surface area contributed by atoms with E-state index in [4.69, 9.17) is 11.6 Å². The Morgan fingerprint density at radius 3 is 2.17 bits per heavy atom. The summed E-state index contributed by atoms with van der Waals surface area (Å²) in [6.45, 7) is 5.73. The van der Waals surface area contributed by atoms with Crippen LogP contribution in [0.3, 0.4) is 0 Å². The largest absolute Gasteiger partial charge is 0.347 e. The van der Waals surface area contributed by atoms with Gasteiger partial charge in [-0.25, -0.2) is 4.79 Å². The van der Waals surface area contributed by atoms with E-state index in [0.717, 1.165) is 0 Å². The molecule has 6 heteroatoms. The van der Waals surface area contributed by atoms with Crippen LogP contribution in [-0.2, 0) is 0 Å². The Labute approximate surface area is 146 Å². The molecule has 3 amide bonds. The molecule has 0 spiro atoms. The molecule has 24 heavy (non-hydrogen) atoms. The molecule has 0 aliphatic heterocycles. The third-order valence-corrected chi connectivity index (χ3v) is 3.23. The highest BCUT2D eigenvalue weighted by molar-refractivity contribution is 6.30. The quantitative estimate of drug-likeness (QED) is 0.765. The number of anilines is 2. The van der Waals surface area contributed by atoms with Gasteiger partial charge in [0, 0.05) is 27.5 Å². The maximum atomic E-state index is 12.2. The molecule has 0 saturated carbocycles. The van der Waals surface area contributed by atoms with Crippen LogP contribution in [0, 0.1) is 0 Å². The van der Waals surface area contributed by atoms with E-state index in [1.54, 1.807) is 48.5 Å². The molecule has 0 aliphatic rings. The Kier molecular flexibility index (Phi) is 5.46. The van der Waals surface area contributed by atoms with Crippen LogP contribution in [-0.4, -0.2) is 17.5 Å². The van der Waals surface area contributed by atoms with E-state index in [9.17, 15) is 9.59 Å². The first-order valence-corrected chi connectivity index (χ1v) is 7.87. The van der Waals surface area contributed by atoms with Crippen molar-refractivity contribution in [3.05, 3.63) is 59.1 Å². The molecule has 0 aliphatic carbocycles. The van der Waals surface area contributed by atoms with E-state index in [0.29, 0.717) is 22.0 Å². The van der Waals surface area contributed by atoms with Crippen molar-refractivity contribution in [2.45, 2.75) is 26.3 Å². The van der Waals surface area contributed by atoms with E-state index in [1.165, 1.54) is 0 Å². The van der Waals surface area contributed by atoms with Crippen molar-refractivity contribution in [1.82, 2.24) is 5.32 Å². The summed E-state index contributed by atoms with van der Waals surface area (Å²) in [5, 5.41) is 8.87. The van der Waals surface area contributed by atoms with Gasteiger partial charge in [-0.2, -0.15) is 0 Å². The Morgan fingerprint density at radius 2 is 1.54 bits per heavy atom. The van der Waals surface area contributed by atoms with Gasteiger partial charge < -0.3 is 16.0 Å². The lowest BCUT2D eigenvalue weighted by molar-refractivity contribution is 0.0919. The number of hydrogen-bond donors (Lipinski definition) is 3. The van der Waals surface area contributed by atoms with Gasteiger partial charge in [-0.1, -0.05) is 17.7 Å². The minimum atomic E-state index is -0.397. The van der Waals surface area contributed by atoms with Crippen molar-refractivity contribution >= 4 is 34.9 Å². The number of halogens is 1. The SMILES string of the molecule is CC(C)(C)NC(=O)c1cccc(NC(=O)Nc2ccc(Cl)cc2)c1. The van der Waals surface area contributed by atoms with Crippen LogP contribution in [0.2, 0.25) is 5.02 Å². The second-order valence-electron chi connectivity index (χ2n) is 6.37. The van der Waals surface area contributed by atoms with Crippen LogP contribution < -0.4 is 16.0 Å². The summed E-state index contributed by atoms with van der Waals surface area (Å²) in [4.78, 5) is 24.2. The highest BCUT2D eigenvalue weighted by Gasteiger charge is 2.15. The Morgan fingerprint density at radius 1 is 0.917 bits per heavy atom. The molecule has 0 fully saturated rings. The molecule has 2 aromatic carbocycles. The van der Waals surface area contributed by atoms with Crippen molar-refractivity contribution in [2.24, 2.45) is 0 Å². The van der Waals surface area contributed by atoms with Gasteiger partial charge in [0.1, 0.15) is 0 Å². The molecule has 0 heterocycles. The van der Waals surface area contributed by atoms with Crippen molar-refractivity contribution < 1.29 is 9.59 Å². The highest BCUT2D eigenvalue weighted by atomic mass is 35.5. The summed E-state index contributed by atoms with van der Waals surface area (Å²) in [5.41, 5.74) is 1.31. The van der Waals surface area contributed by atoms with Gasteiger partial charge in [-0.3, -0.25) is 4.79 Å². The van der Waals surface area contributed by atoms with E-state index in [-0.39, 0.29) is 11.4 Å². The van der Waals surface area contributed by atoms with Gasteiger partial charge in [0.15, 0.2) is 0 Å². The number of nitrogens with one attached hydrogen (secondary N) is 3. The summed E-state index contributed by atoms with van der Waals surface area (Å²) in [6.07, 6.45) is 0. The predicted molar refractivity (Wildman–Crippen MR) is 97.8 cm³/mol. The maximum absolute atomic E-state index is 12.2. The van der Waals surface area contributed by atoms with Crippen LogP contribution in [0.4, 0.5) is 16.2 Å². The average Bonchev–Trinajstić information content (AvgIpc) is 2.48. The summed E-state index contributed by atoms with van der Waals surface area (Å²) in [5.74, 6) is -0.191. The van der Waals surface area contributed by atoms with Gasteiger partial charge in [0.2, 0.25) is 0 Å². The first-order chi connectivity index (χ1) is 11.2. The third kappa shape index (κ3) is 5.59. The molecule has 0 radical (unpaired) electrons. The molecule has 0 bridgehead atoms. The first kappa shape index (κ1) is 17.8. The van der Waals surface area contributed by atoms with Crippen LogP contribution in [0.15, 0.2) is 48.5 Å². The molecule has 0 unspecified atom stereocenters. The molecule has 2 aromatic rings. The molecule has 0 aromatic heterocycles. The molecule has 0 saturated heterocycles. The molecular formula is C18H20ClN3O2. The van der Waals surface area contributed by atoms with Crippen molar-refractivity contribution in [1.29, 1.82) is 0 Å². The number of rotatable bonds is 3. The second kappa shape index (κ2) is 7.36. The second-order valence-corrected chi connectivity index (χ2v) is 6.81. The number of carbonyl (C=O) groups excluding carboxylic acids is 2. The van der Waals surface area contributed by atoms with Gasteiger partial charge in [0.05, 0.1) is 0 Å². The fraction of sp³-hybridized carbons (Fsp3) is 0.222. The van der Waals surface area contributed by atoms with Crippen LogP contribution in [0.5, 0.6) is 0 Å². The summed E-state index contributed by atoms with van der Waals surface area (Å²) < 4.78 is 0. The average molecular weight is 346 g/mol. The number of hydrogen-bond acceptors (Lipinski definition) is 2. The lowest BCUT2D eigenvalue weighted by Crippen LogP contribution is -2.40.